The van der Waals surface area contributed by atoms with Crippen LogP contribution in [0, 0.1) is 0 Å². The first kappa shape index (κ1) is 23.8. The predicted octanol–water partition coefficient (Wildman–Crippen LogP) is 6.00. The third-order valence-electron chi connectivity index (χ3n) is 6.07. The maximum atomic E-state index is 13.8. The van der Waals surface area contributed by atoms with Gasteiger partial charge in [0.2, 0.25) is 5.76 Å². The number of halogens is 1. The van der Waals surface area contributed by atoms with E-state index in [1.807, 2.05) is 19.9 Å². The Bertz CT molecular complexity index is 1510. The van der Waals surface area contributed by atoms with Gasteiger partial charge in [-0.05, 0) is 74.0 Å². The summed E-state index contributed by atoms with van der Waals surface area (Å²) in [6, 6.07) is 16.5. The van der Waals surface area contributed by atoms with Crippen molar-refractivity contribution in [3.05, 3.63) is 92.8 Å². The lowest BCUT2D eigenvalue weighted by molar-refractivity contribution is 0.0971. The molecule has 5 rings (SSSR count). The van der Waals surface area contributed by atoms with Crippen molar-refractivity contribution in [3.63, 3.8) is 0 Å². The predicted molar refractivity (Wildman–Crippen MR) is 138 cm³/mol. The molecule has 0 aliphatic carbocycles. The zero-order valence-corrected chi connectivity index (χ0v) is 20.8. The Kier molecular flexibility index (Phi) is 6.33. The van der Waals surface area contributed by atoms with Crippen molar-refractivity contribution >= 4 is 34.2 Å². The monoisotopic (exact) mass is 505 g/mol. The SMILES string of the molecule is CCOc1ccc(C2c3c(oc4ccc(Cl)cc4c3=O)C(=O)N2c2ccc(OC)cc2)cc1OCC. The van der Waals surface area contributed by atoms with E-state index in [0.717, 1.165) is 0 Å². The standard InChI is InChI=1S/C28H24ClNO6/c1-4-34-22-12-6-16(14-23(22)35-5-2)25-24-26(31)20-15-17(29)7-13-21(20)36-27(24)28(32)30(25)18-8-10-19(33-3)11-9-18/h6-15,25H,4-5H2,1-3H3. The van der Waals surface area contributed by atoms with Gasteiger partial charge in [0.25, 0.3) is 5.91 Å². The fourth-order valence-corrected chi connectivity index (χ4v) is 4.68. The van der Waals surface area contributed by atoms with E-state index in [1.54, 1.807) is 66.6 Å². The van der Waals surface area contributed by atoms with Crippen molar-refractivity contribution in [1.82, 2.24) is 0 Å². The summed E-state index contributed by atoms with van der Waals surface area (Å²) in [7, 11) is 1.57. The summed E-state index contributed by atoms with van der Waals surface area (Å²) in [4.78, 5) is 29.1. The zero-order chi connectivity index (χ0) is 25.4. The molecule has 4 aromatic rings. The molecule has 0 N–H and O–H groups in total. The average molecular weight is 506 g/mol. The number of anilines is 1. The summed E-state index contributed by atoms with van der Waals surface area (Å²) in [5, 5.41) is 0.717. The molecule has 1 unspecified atom stereocenters. The Hall–Kier alpha value is -3.97. The molecule has 1 atom stereocenters. The van der Waals surface area contributed by atoms with E-state index >= 15 is 0 Å². The van der Waals surface area contributed by atoms with Crippen LogP contribution in [0.1, 0.15) is 41.6 Å². The molecular weight excluding hydrogens is 482 g/mol. The first-order valence-corrected chi connectivity index (χ1v) is 12.0. The highest BCUT2D eigenvalue weighted by atomic mass is 35.5. The number of carbonyl (C=O) groups is 1. The average Bonchev–Trinajstić information content (AvgIpc) is 3.18. The highest BCUT2D eigenvalue weighted by Gasteiger charge is 2.44. The van der Waals surface area contributed by atoms with Gasteiger partial charge in [-0.25, -0.2) is 0 Å². The van der Waals surface area contributed by atoms with Crippen molar-refractivity contribution in [2.45, 2.75) is 19.9 Å². The number of fused-ring (bicyclic) bond motifs is 2. The first-order chi connectivity index (χ1) is 17.5. The number of methoxy groups -OCH3 is 1. The lowest BCUT2D eigenvalue weighted by atomic mass is 9.97. The van der Waals surface area contributed by atoms with Gasteiger partial charge in [0.05, 0.1) is 37.3 Å². The molecular formula is C28H24ClNO6. The van der Waals surface area contributed by atoms with Gasteiger partial charge in [0.1, 0.15) is 11.3 Å². The molecule has 0 fully saturated rings. The maximum Gasteiger partial charge on any atom is 0.295 e. The van der Waals surface area contributed by atoms with E-state index < -0.39 is 11.9 Å². The third-order valence-corrected chi connectivity index (χ3v) is 6.30. The number of carbonyl (C=O) groups excluding carboxylic acids is 1. The first-order valence-electron chi connectivity index (χ1n) is 11.6. The number of ether oxygens (including phenoxy) is 3. The van der Waals surface area contributed by atoms with Gasteiger partial charge in [0, 0.05) is 10.7 Å². The summed E-state index contributed by atoms with van der Waals surface area (Å²) in [5.74, 6) is 1.35. The van der Waals surface area contributed by atoms with Gasteiger partial charge >= 0.3 is 0 Å². The fourth-order valence-electron chi connectivity index (χ4n) is 4.51. The molecule has 1 amide bonds. The molecule has 0 saturated carbocycles. The topological polar surface area (TPSA) is 78.2 Å². The lowest BCUT2D eigenvalue weighted by Gasteiger charge is -2.26. The highest BCUT2D eigenvalue weighted by Crippen LogP contribution is 2.43. The quantitative estimate of drug-likeness (QED) is 0.306. The molecule has 36 heavy (non-hydrogen) atoms. The Balaban J connectivity index is 1.76. The van der Waals surface area contributed by atoms with Crippen LogP contribution in [0.3, 0.4) is 0 Å². The van der Waals surface area contributed by atoms with Crippen LogP contribution >= 0.6 is 11.6 Å². The van der Waals surface area contributed by atoms with Crippen LogP contribution in [0.25, 0.3) is 11.0 Å². The second-order valence-corrected chi connectivity index (χ2v) is 8.60. The van der Waals surface area contributed by atoms with Crippen LogP contribution in [0.15, 0.2) is 69.9 Å². The smallest absolute Gasteiger partial charge is 0.295 e. The lowest BCUT2D eigenvalue weighted by Crippen LogP contribution is -2.29. The van der Waals surface area contributed by atoms with Crippen molar-refractivity contribution in [2.75, 3.05) is 25.2 Å². The summed E-state index contributed by atoms with van der Waals surface area (Å²) >= 11 is 6.18. The number of nitrogens with zero attached hydrogens (tertiary/aromatic N) is 1. The van der Waals surface area contributed by atoms with Gasteiger partial charge in [-0.1, -0.05) is 17.7 Å². The zero-order valence-electron chi connectivity index (χ0n) is 20.0. The third kappa shape index (κ3) is 3.95. The highest BCUT2D eigenvalue weighted by molar-refractivity contribution is 6.31. The maximum absolute atomic E-state index is 13.8. The van der Waals surface area contributed by atoms with Crippen molar-refractivity contribution in [2.24, 2.45) is 0 Å². The van der Waals surface area contributed by atoms with Crippen LogP contribution in [-0.2, 0) is 0 Å². The van der Waals surface area contributed by atoms with Gasteiger partial charge in [-0.3, -0.25) is 14.5 Å². The van der Waals surface area contributed by atoms with Crippen molar-refractivity contribution in [3.8, 4) is 17.2 Å². The van der Waals surface area contributed by atoms with E-state index in [2.05, 4.69) is 0 Å². The van der Waals surface area contributed by atoms with E-state index in [1.165, 1.54) is 0 Å². The van der Waals surface area contributed by atoms with E-state index in [4.69, 9.17) is 30.2 Å². The van der Waals surface area contributed by atoms with Crippen molar-refractivity contribution in [1.29, 1.82) is 0 Å². The Morgan fingerprint density at radius 2 is 1.64 bits per heavy atom. The number of hydrogen-bond acceptors (Lipinski definition) is 6. The minimum atomic E-state index is -0.754. The molecule has 0 bridgehead atoms. The van der Waals surface area contributed by atoms with E-state index in [0.29, 0.717) is 57.7 Å². The van der Waals surface area contributed by atoms with Crippen molar-refractivity contribution < 1.29 is 23.4 Å². The molecule has 8 heteroatoms. The number of benzene rings is 3. The summed E-state index contributed by atoms with van der Waals surface area (Å²) < 4.78 is 22.8. The Morgan fingerprint density at radius 1 is 0.917 bits per heavy atom. The van der Waals surface area contributed by atoms with Gasteiger partial charge in [0.15, 0.2) is 16.9 Å². The van der Waals surface area contributed by atoms with Gasteiger partial charge in [-0.2, -0.15) is 0 Å². The number of hydrogen-bond donors (Lipinski definition) is 0. The second-order valence-electron chi connectivity index (χ2n) is 8.16. The van der Waals surface area contributed by atoms with Crippen LogP contribution in [-0.4, -0.2) is 26.2 Å². The summed E-state index contributed by atoms with van der Waals surface area (Å²) in [5.41, 5.74) is 1.50. The van der Waals surface area contributed by atoms with Crippen LogP contribution in [0.2, 0.25) is 5.02 Å². The molecule has 184 valence electrons. The number of rotatable bonds is 7. The number of amides is 1. The van der Waals surface area contributed by atoms with E-state index in [-0.39, 0.29) is 16.8 Å². The van der Waals surface area contributed by atoms with Crippen LogP contribution in [0.5, 0.6) is 17.2 Å². The second kappa shape index (κ2) is 9.59. The molecule has 0 spiro atoms. The molecule has 1 aliphatic rings. The van der Waals surface area contributed by atoms with Crippen LogP contribution < -0.4 is 24.5 Å². The summed E-state index contributed by atoms with van der Waals surface area (Å²) in [6.45, 7) is 4.67. The normalized spacial score (nSPS) is 14.7. The largest absolute Gasteiger partial charge is 0.497 e. The molecule has 1 aliphatic heterocycles. The summed E-state index contributed by atoms with van der Waals surface area (Å²) in [6.07, 6.45) is 0. The van der Waals surface area contributed by atoms with E-state index in [9.17, 15) is 9.59 Å². The minimum absolute atomic E-state index is 0.00230. The molecule has 0 radical (unpaired) electrons. The Morgan fingerprint density at radius 3 is 2.33 bits per heavy atom. The molecule has 2 heterocycles. The van der Waals surface area contributed by atoms with Crippen LogP contribution in [0.4, 0.5) is 5.69 Å². The minimum Gasteiger partial charge on any atom is -0.497 e. The fraction of sp³-hybridized carbons (Fsp3) is 0.214. The van der Waals surface area contributed by atoms with Gasteiger partial charge < -0.3 is 18.6 Å². The molecule has 7 nitrogen and oxygen atoms in total. The molecule has 3 aromatic carbocycles. The van der Waals surface area contributed by atoms with Gasteiger partial charge in [-0.15, -0.1) is 0 Å². The molecule has 1 aromatic heterocycles. The molecule has 0 saturated heterocycles. The Labute approximate surface area is 212 Å².